The van der Waals surface area contributed by atoms with E-state index in [1.165, 1.54) is 0 Å². The van der Waals surface area contributed by atoms with E-state index in [2.05, 4.69) is 23.1 Å². The van der Waals surface area contributed by atoms with Crippen molar-refractivity contribution in [1.82, 2.24) is 0 Å². The van der Waals surface area contributed by atoms with Gasteiger partial charge in [0.25, 0.3) is 0 Å². The summed E-state index contributed by atoms with van der Waals surface area (Å²) in [7, 11) is -2.39. The topological polar surface area (TPSA) is 49.7 Å². The first kappa shape index (κ1) is 11.7. The van der Waals surface area contributed by atoms with Crippen molar-refractivity contribution in [3.8, 4) is 0 Å². The van der Waals surface area contributed by atoms with Gasteiger partial charge in [-0.15, -0.1) is 4.36 Å². The van der Waals surface area contributed by atoms with Gasteiger partial charge in [-0.3, -0.25) is 0 Å². The standard InChI is InChI=1S/C10H14N2O2S/c1-3-12(4-2)10-7-5-6-9(8-10)11-15(13)14/h5-8H,3-4H2,1-2H3. The minimum absolute atomic E-state index is 0.465. The predicted octanol–water partition coefficient (Wildman–Crippen LogP) is 2.23. The van der Waals surface area contributed by atoms with Crippen LogP contribution in [0.3, 0.4) is 0 Å². The molecule has 0 aliphatic heterocycles. The fraction of sp³-hybridized carbons (Fsp3) is 0.400. The molecule has 0 heterocycles. The van der Waals surface area contributed by atoms with E-state index in [0.717, 1.165) is 18.8 Å². The van der Waals surface area contributed by atoms with E-state index in [0.29, 0.717) is 5.69 Å². The van der Waals surface area contributed by atoms with Crippen LogP contribution >= 0.6 is 0 Å². The Labute approximate surface area is 91.2 Å². The molecule has 0 aliphatic rings. The predicted molar refractivity (Wildman–Crippen MR) is 61.0 cm³/mol. The van der Waals surface area contributed by atoms with Crippen molar-refractivity contribution in [3.05, 3.63) is 24.3 Å². The third kappa shape index (κ3) is 3.36. The summed E-state index contributed by atoms with van der Waals surface area (Å²) >= 11 is 0. The third-order valence-electron chi connectivity index (χ3n) is 2.14. The summed E-state index contributed by atoms with van der Waals surface area (Å²) in [5, 5.41) is 0. The summed E-state index contributed by atoms with van der Waals surface area (Å²) in [6.07, 6.45) is 0. The molecule has 1 aromatic rings. The van der Waals surface area contributed by atoms with Crippen molar-refractivity contribution in [2.45, 2.75) is 13.8 Å². The van der Waals surface area contributed by atoms with Crippen molar-refractivity contribution in [3.63, 3.8) is 0 Å². The van der Waals surface area contributed by atoms with E-state index in [4.69, 9.17) is 0 Å². The van der Waals surface area contributed by atoms with Crippen molar-refractivity contribution in [2.75, 3.05) is 18.0 Å². The highest BCUT2D eigenvalue weighted by atomic mass is 32.2. The lowest BCUT2D eigenvalue weighted by molar-refractivity contribution is 0.622. The molecule has 82 valence electrons. The average Bonchev–Trinajstić information content (AvgIpc) is 2.19. The Hall–Kier alpha value is -1.36. The maximum atomic E-state index is 10.4. The zero-order valence-corrected chi connectivity index (χ0v) is 9.66. The Balaban J connectivity index is 3.06. The lowest BCUT2D eigenvalue weighted by Gasteiger charge is -2.20. The summed E-state index contributed by atoms with van der Waals surface area (Å²) in [5.41, 5.74) is 1.46. The zero-order chi connectivity index (χ0) is 11.3. The molecular weight excluding hydrogens is 212 g/mol. The Morgan fingerprint density at radius 1 is 1.27 bits per heavy atom. The molecule has 0 saturated heterocycles. The maximum Gasteiger partial charge on any atom is 0.316 e. The molecule has 0 fully saturated rings. The van der Waals surface area contributed by atoms with Crippen LogP contribution in [0.2, 0.25) is 0 Å². The largest absolute Gasteiger partial charge is 0.372 e. The molecule has 0 N–H and O–H groups in total. The molecule has 0 aliphatic carbocycles. The van der Waals surface area contributed by atoms with E-state index in [1.807, 2.05) is 6.07 Å². The molecule has 15 heavy (non-hydrogen) atoms. The number of hydrogen-bond acceptors (Lipinski definition) is 4. The van der Waals surface area contributed by atoms with Crippen LogP contribution in [0, 0.1) is 0 Å². The van der Waals surface area contributed by atoms with Crippen molar-refractivity contribution >= 4 is 21.9 Å². The minimum atomic E-state index is -2.39. The van der Waals surface area contributed by atoms with Gasteiger partial charge in [-0.25, -0.2) is 0 Å². The molecule has 1 rings (SSSR count). The number of hydrogen-bond donors (Lipinski definition) is 0. The van der Waals surface area contributed by atoms with Crippen molar-refractivity contribution in [2.24, 2.45) is 4.36 Å². The highest BCUT2D eigenvalue weighted by molar-refractivity contribution is 7.61. The second-order valence-electron chi connectivity index (χ2n) is 3.00. The fourth-order valence-corrected chi connectivity index (χ4v) is 1.71. The van der Waals surface area contributed by atoms with Gasteiger partial charge in [-0.05, 0) is 32.0 Å². The quantitative estimate of drug-likeness (QED) is 0.791. The van der Waals surface area contributed by atoms with Crippen LogP contribution in [0.5, 0.6) is 0 Å². The van der Waals surface area contributed by atoms with Gasteiger partial charge in [0.15, 0.2) is 0 Å². The van der Waals surface area contributed by atoms with Gasteiger partial charge in [0.05, 0.1) is 5.69 Å². The zero-order valence-electron chi connectivity index (χ0n) is 8.84. The second-order valence-corrected chi connectivity index (χ2v) is 3.62. The van der Waals surface area contributed by atoms with Crippen LogP contribution in [0.15, 0.2) is 28.6 Å². The van der Waals surface area contributed by atoms with E-state index in [9.17, 15) is 8.42 Å². The van der Waals surface area contributed by atoms with Gasteiger partial charge >= 0.3 is 10.5 Å². The Bertz CT molecular complexity index is 442. The van der Waals surface area contributed by atoms with Crippen LogP contribution in [-0.4, -0.2) is 21.5 Å². The van der Waals surface area contributed by atoms with E-state index >= 15 is 0 Å². The van der Waals surface area contributed by atoms with Gasteiger partial charge in [0.1, 0.15) is 0 Å². The Morgan fingerprint density at radius 2 is 1.93 bits per heavy atom. The van der Waals surface area contributed by atoms with Crippen LogP contribution in [0.1, 0.15) is 13.8 Å². The maximum absolute atomic E-state index is 10.4. The number of anilines is 1. The van der Waals surface area contributed by atoms with E-state index in [1.54, 1.807) is 18.2 Å². The lowest BCUT2D eigenvalue weighted by atomic mass is 10.2. The highest BCUT2D eigenvalue weighted by Crippen LogP contribution is 2.21. The minimum Gasteiger partial charge on any atom is -0.372 e. The summed E-state index contributed by atoms with van der Waals surface area (Å²) in [6, 6.07) is 7.19. The molecule has 0 unspecified atom stereocenters. The molecule has 0 saturated carbocycles. The van der Waals surface area contributed by atoms with Crippen LogP contribution < -0.4 is 4.90 Å². The van der Waals surface area contributed by atoms with E-state index in [-0.39, 0.29) is 0 Å². The van der Waals surface area contributed by atoms with Gasteiger partial charge < -0.3 is 4.90 Å². The fourth-order valence-electron chi connectivity index (χ4n) is 1.42. The smallest absolute Gasteiger partial charge is 0.316 e. The molecule has 0 aromatic heterocycles. The third-order valence-corrected chi connectivity index (χ3v) is 2.50. The first-order valence-corrected chi connectivity index (χ1v) is 5.86. The monoisotopic (exact) mass is 226 g/mol. The molecule has 0 amide bonds. The molecule has 0 bridgehead atoms. The molecule has 0 atom stereocenters. The molecule has 5 heteroatoms. The van der Waals surface area contributed by atoms with Gasteiger partial charge in [0.2, 0.25) is 0 Å². The first-order chi connectivity index (χ1) is 7.17. The van der Waals surface area contributed by atoms with E-state index < -0.39 is 10.5 Å². The summed E-state index contributed by atoms with van der Waals surface area (Å²) in [5.74, 6) is 0. The van der Waals surface area contributed by atoms with Crippen molar-refractivity contribution in [1.29, 1.82) is 0 Å². The molecule has 4 nitrogen and oxygen atoms in total. The van der Waals surface area contributed by atoms with Crippen molar-refractivity contribution < 1.29 is 8.42 Å². The Morgan fingerprint density at radius 3 is 2.47 bits per heavy atom. The van der Waals surface area contributed by atoms with Crippen LogP contribution in [0.25, 0.3) is 0 Å². The second kappa shape index (κ2) is 5.50. The number of benzene rings is 1. The normalized spacial score (nSPS) is 9.73. The van der Waals surface area contributed by atoms with Crippen LogP contribution in [-0.2, 0) is 10.5 Å². The molecular formula is C10H14N2O2S. The summed E-state index contributed by atoms with van der Waals surface area (Å²) < 4.78 is 24.3. The average molecular weight is 226 g/mol. The number of rotatable bonds is 4. The lowest BCUT2D eigenvalue weighted by Crippen LogP contribution is -2.21. The van der Waals surface area contributed by atoms with Gasteiger partial charge in [-0.1, -0.05) is 6.07 Å². The Kier molecular flexibility index (Phi) is 4.30. The number of nitrogens with zero attached hydrogens (tertiary/aromatic N) is 2. The molecule has 0 radical (unpaired) electrons. The van der Waals surface area contributed by atoms with Crippen LogP contribution in [0.4, 0.5) is 11.4 Å². The molecule has 1 aromatic carbocycles. The SMILES string of the molecule is CCN(CC)c1cccc(N=S(=O)=O)c1. The highest BCUT2D eigenvalue weighted by Gasteiger charge is 2.01. The summed E-state index contributed by atoms with van der Waals surface area (Å²) in [4.78, 5) is 2.13. The van der Waals surface area contributed by atoms with Gasteiger partial charge in [0, 0.05) is 18.8 Å². The van der Waals surface area contributed by atoms with Gasteiger partial charge in [-0.2, -0.15) is 8.42 Å². The molecule has 0 spiro atoms. The summed E-state index contributed by atoms with van der Waals surface area (Å²) in [6.45, 7) is 5.89. The first-order valence-electron chi connectivity index (χ1n) is 4.83.